The average Bonchev–Trinajstić information content (AvgIpc) is 2.51. The lowest BCUT2D eigenvalue weighted by molar-refractivity contribution is -0.143. The van der Waals surface area contributed by atoms with E-state index in [0.29, 0.717) is 25.4 Å². The standard InChI is InChI=1S/C19H26N2O2/c1-3-21-17(22)12-11-16(19(23)20-15-5-4-6-15)18(21)14-9-7-13(2)8-10-14/h7-10,15-16,18H,3-6,11-12H2,1-2H3,(H,20,23)/t16-,18+/m1/s1. The van der Waals surface area contributed by atoms with Crippen LogP contribution >= 0.6 is 0 Å². The van der Waals surface area contributed by atoms with Crippen molar-refractivity contribution in [1.29, 1.82) is 0 Å². The molecule has 0 radical (unpaired) electrons. The van der Waals surface area contributed by atoms with Crippen LogP contribution in [0, 0.1) is 12.8 Å². The molecule has 2 aliphatic rings. The minimum atomic E-state index is -0.143. The summed E-state index contributed by atoms with van der Waals surface area (Å²) in [6.07, 6.45) is 4.50. The van der Waals surface area contributed by atoms with Crippen LogP contribution in [0.1, 0.15) is 56.2 Å². The summed E-state index contributed by atoms with van der Waals surface area (Å²) in [7, 11) is 0. The van der Waals surface area contributed by atoms with Gasteiger partial charge in [0.2, 0.25) is 11.8 Å². The van der Waals surface area contributed by atoms with E-state index in [2.05, 4.69) is 29.6 Å². The van der Waals surface area contributed by atoms with Gasteiger partial charge in [0.25, 0.3) is 0 Å². The SMILES string of the molecule is CCN1C(=O)CC[C@@H](C(=O)NC2CCC2)[C@@H]1c1ccc(C)cc1. The Morgan fingerprint density at radius 3 is 2.48 bits per heavy atom. The molecule has 1 saturated heterocycles. The largest absolute Gasteiger partial charge is 0.353 e. The van der Waals surface area contributed by atoms with Crippen LogP contribution in [0.15, 0.2) is 24.3 Å². The van der Waals surface area contributed by atoms with Crippen LogP contribution in [-0.2, 0) is 9.59 Å². The van der Waals surface area contributed by atoms with Gasteiger partial charge in [-0.3, -0.25) is 9.59 Å². The monoisotopic (exact) mass is 314 g/mol. The maximum Gasteiger partial charge on any atom is 0.225 e. The minimum Gasteiger partial charge on any atom is -0.353 e. The second-order valence-electron chi connectivity index (χ2n) is 6.82. The normalized spacial score (nSPS) is 25.1. The molecule has 4 nitrogen and oxygen atoms in total. The Kier molecular flexibility index (Phi) is 4.69. The number of carbonyl (C=O) groups excluding carboxylic acids is 2. The van der Waals surface area contributed by atoms with Gasteiger partial charge in [-0.25, -0.2) is 0 Å². The lowest BCUT2D eigenvalue weighted by Gasteiger charge is -2.41. The molecule has 0 spiro atoms. The molecule has 3 rings (SSSR count). The molecule has 1 N–H and O–H groups in total. The summed E-state index contributed by atoms with van der Waals surface area (Å²) < 4.78 is 0. The summed E-state index contributed by atoms with van der Waals surface area (Å²) in [5.41, 5.74) is 2.26. The summed E-state index contributed by atoms with van der Waals surface area (Å²) in [6.45, 7) is 4.68. The number of likely N-dealkylation sites (tertiary alicyclic amines) is 1. The summed E-state index contributed by atoms with van der Waals surface area (Å²) in [5.74, 6) is 0.132. The molecule has 1 aliphatic heterocycles. The molecule has 1 aromatic carbocycles. The second kappa shape index (κ2) is 6.73. The highest BCUT2D eigenvalue weighted by Gasteiger charge is 2.40. The van der Waals surface area contributed by atoms with Crippen molar-refractivity contribution in [2.75, 3.05) is 6.54 Å². The Morgan fingerprint density at radius 2 is 1.91 bits per heavy atom. The van der Waals surface area contributed by atoms with E-state index in [1.54, 1.807) is 0 Å². The average molecular weight is 314 g/mol. The van der Waals surface area contributed by atoms with Crippen molar-refractivity contribution >= 4 is 11.8 Å². The molecule has 4 heteroatoms. The Bertz CT molecular complexity index is 578. The first-order valence-electron chi connectivity index (χ1n) is 8.76. The van der Waals surface area contributed by atoms with Gasteiger partial charge in [-0.2, -0.15) is 0 Å². The first-order valence-corrected chi connectivity index (χ1v) is 8.76. The Morgan fingerprint density at radius 1 is 1.22 bits per heavy atom. The second-order valence-corrected chi connectivity index (χ2v) is 6.82. The molecule has 2 amide bonds. The fourth-order valence-corrected chi connectivity index (χ4v) is 3.64. The van der Waals surface area contributed by atoms with Crippen LogP contribution in [0.2, 0.25) is 0 Å². The molecule has 2 atom stereocenters. The molecular weight excluding hydrogens is 288 g/mol. The van der Waals surface area contributed by atoms with E-state index in [1.807, 2.05) is 18.7 Å². The number of hydrogen-bond donors (Lipinski definition) is 1. The molecule has 1 aliphatic carbocycles. The highest BCUT2D eigenvalue weighted by Crippen LogP contribution is 2.37. The number of nitrogens with zero attached hydrogens (tertiary/aromatic N) is 1. The Labute approximate surface area is 138 Å². The fourth-order valence-electron chi connectivity index (χ4n) is 3.64. The zero-order valence-electron chi connectivity index (χ0n) is 14.0. The molecule has 23 heavy (non-hydrogen) atoms. The van der Waals surface area contributed by atoms with Crippen molar-refractivity contribution < 1.29 is 9.59 Å². The van der Waals surface area contributed by atoms with E-state index in [0.717, 1.165) is 18.4 Å². The molecule has 2 fully saturated rings. The van der Waals surface area contributed by atoms with Gasteiger partial charge >= 0.3 is 0 Å². The zero-order valence-corrected chi connectivity index (χ0v) is 14.0. The summed E-state index contributed by atoms with van der Waals surface area (Å²) >= 11 is 0. The predicted molar refractivity (Wildman–Crippen MR) is 89.8 cm³/mol. The van der Waals surface area contributed by atoms with Crippen molar-refractivity contribution in [1.82, 2.24) is 10.2 Å². The van der Waals surface area contributed by atoms with Gasteiger partial charge in [0.05, 0.1) is 12.0 Å². The van der Waals surface area contributed by atoms with Gasteiger partial charge in [-0.15, -0.1) is 0 Å². The Hall–Kier alpha value is -1.84. The summed E-state index contributed by atoms with van der Waals surface area (Å²) in [5, 5.41) is 3.18. The van der Waals surface area contributed by atoms with Crippen LogP contribution in [0.4, 0.5) is 0 Å². The lowest BCUT2D eigenvalue weighted by Crippen LogP contribution is -2.50. The number of benzene rings is 1. The summed E-state index contributed by atoms with van der Waals surface area (Å²) in [4.78, 5) is 27.0. The van der Waals surface area contributed by atoms with E-state index in [1.165, 1.54) is 12.0 Å². The molecule has 1 aromatic rings. The maximum atomic E-state index is 12.8. The third-order valence-corrected chi connectivity index (χ3v) is 5.25. The van der Waals surface area contributed by atoms with E-state index < -0.39 is 0 Å². The third-order valence-electron chi connectivity index (χ3n) is 5.25. The van der Waals surface area contributed by atoms with E-state index >= 15 is 0 Å². The van der Waals surface area contributed by atoms with Crippen LogP contribution in [0.3, 0.4) is 0 Å². The van der Waals surface area contributed by atoms with E-state index in [4.69, 9.17) is 0 Å². The zero-order chi connectivity index (χ0) is 16.4. The summed E-state index contributed by atoms with van der Waals surface area (Å²) in [6, 6.07) is 8.44. The quantitative estimate of drug-likeness (QED) is 0.929. The van der Waals surface area contributed by atoms with Gasteiger partial charge in [-0.1, -0.05) is 29.8 Å². The van der Waals surface area contributed by atoms with Gasteiger partial charge in [0.15, 0.2) is 0 Å². The maximum absolute atomic E-state index is 12.8. The van der Waals surface area contributed by atoms with Crippen molar-refractivity contribution in [3.8, 4) is 0 Å². The van der Waals surface area contributed by atoms with Crippen LogP contribution in [0.5, 0.6) is 0 Å². The molecule has 0 bridgehead atoms. The molecular formula is C19H26N2O2. The smallest absolute Gasteiger partial charge is 0.225 e. The Balaban J connectivity index is 1.86. The van der Waals surface area contributed by atoms with Gasteiger partial charge < -0.3 is 10.2 Å². The van der Waals surface area contributed by atoms with Gasteiger partial charge in [-0.05, 0) is 45.1 Å². The number of aryl methyl sites for hydroxylation is 1. The van der Waals surface area contributed by atoms with Gasteiger partial charge in [0.1, 0.15) is 0 Å². The predicted octanol–water partition coefficient (Wildman–Crippen LogP) is 2.96. The highest BCUT2D eigenvalue weighted by atomic mass is 16.2. The topological polar surface area (TPSA) is 49.4 Å². The molecule has 1 saturated carbocycles. The third kappa shape index (κ3) is 3.26. The van der Waals surface area contributed by atoms with E-state index in [-0.39, 0.29) is 23.8 Å². The number of carbonyl (C=O) groups is 2. The van der Waals surface area contributed by atoms with Crippen molar-refractivity contribution in [2.45, 2.75) is 58.0 Å². The van der Waals surface area contributed by atoms with Crippen molar-refractivity contribution in [3.63, 3.8) is 0 Å². The number of amides is 2. The number of nitrogens with one attached hydrogen (secondary N) is 1. The lowest BCUT2D eigenvalue weighted by atomic mass is 9.82. The number of piperidine rings is 1. The van der Waals surface area contributed by atoms with Crippen molar-refractivity contribution in [2.24, 2.45) is 5.92 Å². The first kappa shape index (κ1) is 16.0. The van der Waals surface area contributed by atoms with Crippen molar-refractivity contribution in [3.05, 3.63) is 35.4 Å². The van der Waals surface area contributed by atoms with Crippen LogP contribution in [-0.4, -0.2) is 29.3 Å². The molecule has 124 valence electrons. The van der Waals surface area contributed by atoms with Crippen LogP contribution in [0.25, 0.3) is 0 Å². The van der Waals surface area contributed by atoms with Crippen LogP contribution < -0.4 is 5.32 Å². The fraction of sp³-hybridized carbons (Fsp3) is 0.579. The molecule has 0 aromatic heterocycles. The highest BCUT2D eigenvalue weighted by molar-refractivity contribution is 5.85. The first-order chi connectivity index (χ1) is 11.1. The number of hydrogen-bond acceptors (Lipinski definition) is 2. The number of rotatable bonds is 4. The minimum absolute atomic E-state index is 0.117. The van der Waals surface area contributed by atoms with E-state index in [9.17, 15) is 9.59 Å². The molecule has 1 heterocycles. The molecule has 0 unspecified atom stereocenters. The van der Waals surface area contributed by atoms with Gasteiger partial charge in [0, 0.05) is 19.0 Å².